The van der Waals surface area contributed by atoms with Crippen molar-refractivity contribution in [1.82, 2.24) is 0 Å². The van der Waals surface area contributed by atoms with Crippen molar-refractivity contribution in [3.63, 3.8) is 0 Å². The van der Waals surface area contributed by atoms with Crippen LogP contribution in [-0.2, 0) is 33.2 Å². The fraction of sp³-hybridized carbons (Fsp3) is 0.938. The molecule has 4 saturated carbocycles. The van der Waals surface area contributed by atoms with Crippen LogP contribution in [0.4, 0.5) is 0 Å². The summed E-state index contributed by atoms with van der Waals surface area (Å²) in [5.74, 6) is -0.0971. The van der Waals surface area contributed by atoms with Gasteiger partial charge in [-0.1, -0.05) is 60.1 Å². The minimum Gasteiger partial charge on any atom is -0.481 e. The van der Waals surface area contributed by atoms with Gasteiger partial charge in [-0.3, -0.25) is 4.79 Å². The van der Waals surface area contributed by atoms with Crippen molar-refractivity contribution in [2.24, 2.45) is 50.2 Å². The molecule has 0 spiro atoms. The highest BCUT2D eigenvalue weighted by Gasteiger charge is 2.70. The predicted octanol–water partition coefficient (Wildman–Crippen LogP) is 1.73. The van der Waals surface area contributed by atoms with Crippen molar-refractivity contribution in [3.8, 4) is 0 Å². The van der Waals surface area contributed by atoms with Crippen LogP contribution in [0, 0.1) is 50.2 Å². The molecule has 0 unspecified atom stereocenters. The highest BCUT2D eigenvalue weighted by molar-refractivity contribution is 5.76. The number of fused-ring (bicyclic) bond motifs is 7. The van der Waals surface area contributed by atoms with Crippen LogP contribution in [-0.4, -0.2) is 168 Å². The molecule has 3 aliphatic heterocycles. The Morgan fingerprint density at radius 2 is 1.26 bits per heavy atom. The molecule has 8 rings (SSSR count). The number of allylic oxidation sites excluding steroid dienone is 2. The second-order valence-corrected chi connectivity index (χ2v) is 23.5. The van der Waals surface area contributed by atoms with Crippen LogP contribution in [0.1, 0.15) is 120 Å². The van der Waals surface area contributed by atoms with E-state index in [2.05, 4.69) is 54.5 Å². The zero-order valence-corrected chi connectivity index (χ0v) is 39.4. The summed E-state index contributed by atoms with van der Waals surface area (Å²) in [4.78, 5) is 13.1. The third-order valence-electron chi connectivity index (χ3n) is 19.3. The Morgan fingerprint density at radius 1 is 0.646 bits per heavy atom. The van der Waals surface area contributed by atoms with E-state index in [-0.39, 0.29) is 33.5 Å². The summed E-state index contributed by atoms with van der Waals surface area (Å²) in [7, 11) is 0. The summed E-state index contributed by atoms with van der Waals surface area (Å²) in [5.41, 5.74) is -0.00899. The van der Waals surface area contributed by atoms with Gasteiger partial charge in [0.25, 0.3) is 0 Å². The standard InChI is InChI=1S/C48H78O17/c1-22-30(51)33(54)35(56)39(60-22)65-38-34(55)31(52)25(20-49)62-41(38)64-37-32(53)26(21-50)61-40(36(37)57)63-29-12-13-45(6)27(44(29,4)5)11-14-47(8)28(45)10-9-23-24-19-43(2,3)15-17-48(24,42(58)59)18-16-46(23,47)7/h9,22,24-41,49-57H,10-21H2,1-8H3,(H,58,59)/t22-,24-,25+,26+,27-,28+,29-,30-,31-,32+,33+,34-,35+,36+,37-,38+,39-,40-,41-,45-,46+,47+,48-/m0/s1. The summed E-state index contributed by atoms with van der Waals surface area (Å²) in [6.07, 6.45) is -13.4. The van der Waals surface area contributed by atoms with Gasteiger partial charge in [0.2, 0.25) is 0 Å². The second kappa shape index (κ2) is 17.5. The minimum atomic E-state index is -1.84. The fourth-order valence-electron chi connectivity index (χ4n) is 15.1. The van der Waals surface area contributed by atoms with Gasteiger partial charge in [-0.05, 0) is 116 Å². The van der Waals surface area contributed by atoms with Gasteiger partial charge in [0, 0.05) is 0 Å². The average molecular weight is 927 g/mol. The van der Waals surface area contributed by atoms with Crippen LogP contribution < -0.4 is 0 Å². The molecular weight excluding hydrogens is 849 g/mol. The molecular formula is C48H78O17. The molecule has 17 heteroatoms. The quantitative estimate of drug-likeness (QED) is 0.117. The molecule has 7 fully saturated rings. The second-order valence-electron chi connectivity index (χ2n) is 23.5. The first kappa shape index (κ1) is 50.0. The first-order chi connectivity index (χ1) is 30.3. The normalized spacial score (nSPS) is 54.0. The molecule has 65 heavy (non-hydrogen) atoms. The van der Waals surface area contributed by atoms with Gasteiger partial charge >= 0.3 is 5.97 Å². The van der Waals surface area contributed by atoms with Gasteiger partial charge in [0.1, 0.15) is 67.1 Å². The van der Waals surface area contributed by atoms with Gasteiger partial charge in [-0.15, -0.1) is 0 Å². The van der Waals surface area contributed by atoms with E-state index in [0.717, 1.165) is 44.9 Å². The Labute approximate surface area is 382 Å². The van der Waals surface area contributed by atoms with Gasteiger partial charge in [-0.2, -0.15) is 0 Å². The molecule has 0 radical (unpaired) electrons. The number of carboxylic acid groups (broad SMARTS) is 1. The zero-order valence-electron chi connectivity index (χ0n) is 39.4. The van der Waals surface area contributed by atoms with Crippen molar-refractivity contribution >= 4 is 5.97 Å². The molecule has 0 aromatic carbocycles. The number of rotatable bonds is 9. The van der Waals surface area contributed by atoms with Crippen molar-refractivity contribution in [2.75, 3.05) is 13.2 Å². The van der Waals surface area contributed by atoms with Crippen molar-refractivity contribution in [2.45, 2.75) is 218 Å². The topological polar surface area (TPSA) is 275 Å². The molecule has 0 aromatic heterocycles. The maximum Gasteiger partial charge on any atom is 0.310 e. The molecule has 0 aromatic rings. The van der Waals surface area contributed by atoms with E-state index in [1.54, 1.807) is 0 Å². The van der Waals surface area contributed by atoms with E-state index in [4.69, 9.17) is 28.4 Å². The fourth-order valence-corrected chi connectivity index (χ4v) is 15.1. The summed E-state index contributed by atoms with van der Waals surface area (Å²) in [5, 5.41) is 108. The first-order valence-corrected chi connectivity index (χ1v) is 24.2. The Kier molecular flexibility index (Phi) is 13.4. The lowest BCUT2D eigenvalue weighted by Crippen LogP contribution is -2.67. The van der Waals surface area contributed by atoms with Crippen LogP contribution in [0.5, 0.6) is 0 Å². The summed E-state index contributed by atoms with van der Waals surface area (Å²) in [6, 6.07) is 0. The first-order valence-electron chi connectivity index (χ1n) is 24.2. The van der Waals surface area contributed by atoms with Gasteiger partial charge < -0.3 is 79.5 Å². The van der Waals surface area contributed by atoms with Gasteiger partial charge in [-0.25, -0.2) is 0 Å². The van der Waals surface area contributed by atoms with Crippen LogP contribution in [0.2, 0.25) is 0 Å². The summed E-state index contributed by atoms with van der Waals surface area (Å²) in [6.45, 7) is 16.3. The van der Waals surface area contributed by atoms with E-state index in [1.165, 1.54) is 12.5 Å². The monoisotopic (exact) mass is 927 g/mol. The molecule has 372 valence electrons. The highest BCUT2D eigenvalue weighted by atomic mass is 16.8. The average Bonchev–Trinajstić information content (AvgIpc) is 3.24. The number of aliphatic hydroxyl groups is 9. The van der Waals surface area contributed by atoms with Crippen molar-refractivity contribution in [3.05, 3.63) is 11.6 Å². The SMILES string of the molecule is C[C@@H]1O[C@@H](O[C@H]2[C@H](O[C@@H]3[C@@H](O)[C@H](O[C@H]4CC[C@]5(C)[C@H]6CC=C7[C@@H]8CC(C)(C)CC[C@]8(C(=O)O)CC[C@@]7(C)[C@]6(C)CC[C@H]5C4(C)C)O[C@H](CO)[C@H]3O)O[C@H](CO)[C@H](O)[C@@H]2O)[C@H](O)[C@H](O)[C@H]1O. The highest BCUT2D eigenvalue weighted by Crippen LogP contribution is 2.76. The van der Waals surface area contributed by atoms with Crippen LogP contribution >= 0.6 is 0 Å². The third kappa shape index (κ3) is 7.81. The summed E-state index contributed by atoms with van der Waals surface area (Å²) >= 11 is 0. The lowest BCUT2D eigenvalue weighted by Gasteiger charge is -2.71. The third-order valence-corrected chi connectivity index (χ3v) is 19.3. The van der Waals surface area contributed by atoms with Crippen molar-refractivity contribution in [1.29, 1.82) is 0 Å². The van der Waals surface area contributed by atoms with Crippen LogP contribution in [0.3, 0.4) is 0 Å². The van der Waals surface area contributed by atoms with E-state index in [1.807, 2.05) is 0 Å². The number of hydrogen-bond acceptors (Lipinski definition) is 16. The predicted molar refractivity (Wildman–Crippen MR) is 229 cm³/mol. The van der Waals surface area contributed by atoms with E-state index < -0.39 is 128 Å². The molecule has 0 bridgehead atoms. The number of aliphatic hydroxyl groups excluding tert-OH is 9. The van der Waals surface area contributed by atoms with Crippen molar-refractivity contribution < 1.29 is 84.3 Å². The van der Waals surface area contributed by atoms with Crippen LogP contribution in [0.25, 0.3) is 0 Å². The maximum atomic E-state index is 13.1. The Bertz CT molecular complexity index is 1780. The Hall–Kier alpha value is -1.39. The summed E-state index contributed by atoms with van der Waals surface area (Å²) < 4.78 is 36.3. The Balaban J connectivity index is 1.02. The number of carboxylic acids is 1. The minimum absolute atomic E-state index is 0.0184. The smallest absolute Gasteiger partial charge is 0.310 e. The molecule has 3 saturated heterocycles. The molecule has 10 N–H and O–H groups in total. The van der Waals surface area contributed by atoms with E-state index >= 15 is 0 Å². The molecule has 23 atom stereocenters. The molecule has 8 aliphatic rings. The maximum absolute atomic E-state index is 13.1. The molecule has 0 amide bonds. The largest absolute Gasteiger partial charge is 0.481 e. The lowest BCUT2D eigenvalue weighted by atomic mass is 9.33. The molecule has 3 heterocycles. The number of hydrogen-bond donors (Lipinski definition) is 10. The Morgan fingerprint density at radius 3 is 1.92 bits per heavy atom. The van der Waals surface area contributed by atoms with Gasteiger partial charge in [0.15, 0.2) is 18.9 Å². The zero-order chi connectivity index (χ0) is 47.6. The van der Waals surface area contributed by atoms with E-state index in [9.17, 15) is 55.9 Å². The molecule has 5 aliphatic carbocycles. The lowest BCUT2D eigenvalue weighted by molar-refractivity contribution is -0.391. The number of carbonyl (C=O) groups is 1. The number of ether oxygens (including phenoxy) is 6. The van der Waals surface area contributed by atoms with E-state index in [0.29, 0.717) is 25.2 Å². The molecule has 17 nitrogen and oxygen atoms in total. The van der Waals surface area contributed by atoms with Crippen LogP contribution in [0.15, 0.2) is 11.6 Å². The van der Waals surface area contributed by atoms with Gasteiger partial charge in [0.05, 0.1) is 30.8 Å². The number of aliphatic carboxylic acids is 1.